The highest BCUT2D eigenvalue weighted by molar-refractivity contribution is 5.76. The molecule has 0 aromatic carbocycles. The fraction of sp³-hybridized carbons (Fsp3) is 0.900. The van der Waals surface area contributed by atoms with E-state index in [0.717, 1.165) is 13.0 Å². The summed E-state index contributed by atoms with van der Waals surface area (Å²) in [6.07, 6.45) is -4.96. The minimum absolute atomic E-state index is 0.0375. The number of halogens is 3. The third kappa shape index (κ3) is 5.34. The average Bonchev–Trinajstić information content (AvgIpc) is 2.14. The van der Waals surface area contributed by atoms with Gasteiger partial charge in [-0.2, -0.15) is 13.2 Å². The molecule has 0 aromatic heterocycles. The van der Waals surface area contributed by atoms with Crippen molar-refractivity contribution in [3.8, 4) is 0 Å². The van der Waals surface area contributed by atoms with Crippen LogP contribution in [0.1, 0.15) is 26.2 Å². The van der Waals surface area contributed by atoms with Crippen LogP contribution in [0.25, 0.3) is 0 Å². The van der Waals surface area contributed by atoms with Gasteiger partial charge in [-0.25, -0.2) is 0 Å². The van der Waals surface area contributed by atoms with Crippen LogP contribution >= 0.6 is 0 Å². The summed E-state index contributed by atoms with van der Waals surface area (Å²) in [5.41, 5.74) is 0. The van der Waals surface area contributed by atoms with Crippen LogP contribution < -0.4 is 10.6 Å². The van der Waals surface area contributed by atoms with E-state index in [-0.39, 0.29) is 6.04 Å². The van der Waals surface area contributed by atoms with E-state index >= 15 is 0 Å². The van der Waals surface area contributed by atoms with Crippen LogP contribution in [-0.4, -0.2) is 31.2 Å². The largest absolute Gasteiger partial charge is 0.389 e. The van der Waals surface area contributed by atoms with Gasteiger partial charge in [0.25, 0.3) is 0 Å². The third-order valence-corrected chi connectivity index (χ3v) is 2.57. The lowest BCUT2D eigenvalue weighted by Crippen LogP contribution is -2.48. The number of carbonyl (C=O) groups is 1. The van der Waals surface area contributed by atoms with Gasteiger partial charge >= 0.3 is 6.18 Å². The van der Waals surface area contributed by atoms with Gasteiger partial charge in [-0.15, -0.1) is 0 Å². The van der Waals surface area contributed by atoms with Gasteiger partial charge in [0.05, 0.1) is 6.42 Å². The first kappa shape index (κ1) is 13.3. The van der Waals surface area contributed by atoms with Gasteiger partial charge in [-0.05, 0) is 18.9 Å². The molecule has 1 rings (SSSR count). The van der Waals surface area contributed by atoms with Crippen molar-refractivity contribution in [1.29, 1.82) is 0 Å². The zero-order chi connectivity index (χ0) is 12.2. The molecule has 2 unspecified atom stereocenters. The van der Waals surface area contributed by atoms with Gasteiger partial charge < -0.3 is 10.6 Å². The maximum atomic E-state index is 11.9. The summed E-state index contributed by atoms with van der Waals surface area (Å²) < 4.78 is 35.6. The maximum Gasteiger partial charge on any atom is 0.389 e. The molecule has 2 N–H and O–H groups in total. The Morgan fingerprint density at radius 3 is 2.69 bits per heavy atom. The van der Waals surface area contributed by atoms with Crippen LogP contribution in [0, 0.1) is 5.92 Å². The van der Waals surface area contributed by atoms with E-state index in [0.29, 0.717) is 12.5 Å². The van der Waals surface area contributed by atoms with Crippen LogP contribution in [-0.2, 0) is 4.79 Å². The van der Waals surface area contributed by atoms with Crippen molar-refractivity contribution >= 4 is 5.91 Å². The van der Waals surface area contributed by atoms with Crippen molar-refractivity contribution in [2.24, 2.45) is 5.92 Å². The van der Waals surface area contributed by atoms with Crippen LogP contribution in [0.15, 0.2) is 0 Å². The topological polar surface area (TPSA) is 41.1 Å². The molecule has 0 aromatic rings. The van der Waals surface area contributed by atoms with Gasteiger partial charge in [0.1, 0.15) is 0 Å². The highest BCUT2D eigenvalue weighted by Crippen LogP contribution is 2.21. The Morgan fingerprint density at radius 2 is 2.12 bits per heavy atom. The molecule has 2 atom stereocenters. The number of hydrogen-bond acceptors (Lipinski definition) is 2. The van der Waals surface area contributed by atoms with Crippen molar-refractivity contribution in [3.63, 3.8) is 0 Å². The number of hydrogen-bond donors (Lipinski definition) is 2. The van der Waals surface area contributed by atoms with Gasteiger partial charge in [0.2, 0.25) is 5.91 Å². The number of rotatable bonds is 3. The molecule has 1 aliphatic heterocycles. The Morgan fingerprint density at radius 1 is 1.44 bits per heavy atom. The van der Waals surface area contributed by atoms with E-state index in [1.54, 1.807) is 0 Å². The van der Waals surface area contributed by atoms with Gasteiger partial charge in [-0.1, -0.05) is 6.92 Å². The van der Waals surface area contributed by atoms with E-state index < -0.39 is 24.9 Å². The minimum atomic E-state index is -4.25. The third-order valence-electron chi connectivity index (χ3n) is 2.57. The quantitative estimate of drug-likeness (QED) is 0.781. The van der Waals surface area contributed by atoms with Crippen molar-refractivity contribution in [3.05, 3.63) is 0 Å². The van der Waals surface area contributed by atoms with Gasteiger partial charge in [-0.3, -0.25) is 4.79 Å². The Balaban J connectivity index is 2.23. The molecule has 1 fully saturated rings. The summed E-state index contributed by atoms with van der Waals surface area (Å²) >= 11 is 0. The number of piperidine rings is 1. The molecule has 1 amide bonds. The molecular weight excluding hydrogens is 221 g/mol. The molecular formula is C10H17F3N2O. The summed E-state index contributed by atoms with van der Waals surface area (Å²) in [6.45, 7) is 3.58. The van der Waals surface area contributed by atoms with Crippen LogP contribution in [0.2, 0.25) is 0 Å². The lowest BCUT2D eigenvalue weighted by atomic mass is 9.97. The predicted octanol–water partition coefficient (Wildman–Crippen LogP) is 1.44. The summed E-state index contributed by atoms with van der Waals surface area (Å²) in [5, 5.41) is 5.75. The second-order valence-corrected chi connectivity index (χ2v) is 4.38. The summed E-state index contributed by atoms with van der Waals surface area (Å²) in [4.78, 5) is 11.2. The normalized spacial score (nSPS) is 26.5. The van der Waals surface area contributed by atoms with E-state index in [4.69, 9.17) is 0 Å². The Bertz CT molecular complexity index is 243. The molecule has 0 aliphatic carbocycles. The predicted molar refractivity (Wildman–Crippen MR) is 53.9 cm³/mol. The fourth-order valence-electron chi connectivity index (χ4n) is 1.82. The zero-order valence-electron chi connectivity index (χ0n) is 9.23. The standard InChI is InChI=1S/C10H17F3N2O/c1-7-4-8(6-14-5-7)15-9(16)2-3-10(11,12)13/h7-8,14H,2-6H2,1H3,(H,15,16). The highest BCUT2D eigenvalue weighted by Gasteiger charge is 2.28. The highest BCUT2D eigenvalue weighted by atomic mass is 19.4. The summed E-state index contributed by atoms with van der Waals surface area (Å²) in [6, 6.07) is -0.0375. The number of carbonyl (C=O) groups excluding carboxylic acids is 1. The van der Waals surface area contributed by atoms with Crippen molar-refractivity contribution in [1.82, 2.24) is 10.6 Å². The second kappa shape index (κ2) is 5.52. The van der Waals surface area contributed by atoms with E-state index in [1.807, 2.05) is 6.92 Å². The molecule has 94 valence electrons. The first-order valence-corrected chi connectivity index (χ1v) is 5.43. The lowest BCUT2D eigenvalue weighted by molar-refractivity contribution is -0.144. The molecule has 1 aliphatic rings. The lowest BCUT2D eigenvalue weighted by Gasteiger charge is -2.28. The Hall–Kier alpha value is -0.780. The molecule has 0 bridgehead atoms. The molecule has 0 saturated carbocycles. The van der Waals surface area contributed by atoms with Crippen LogP contribution in [0.4, 0.5) is 13.2 Å². The van der Waals surface area contributed by atoms with E-state index in [1.165, 1.54) is 0 Å². The molecule has 0 radical (unpaired) electrons. The monoisotopic (exact) mass is 238 g/mol. The molecule has 1 heterocycles. The van der Waals surface area contributed by atoms with Crippen LogP contribution in [0.3, 0.4) is 0 Å². The second-order valence-electron chi connectivity index (χ2n) is 4.38. The Kier molecular flexibility index (Phi) is 4.58. The summed E-state index contributed by atoms with van der Waals surface area (Å²) in [7, 11) is 0. The van der Waals surface area contributed by atoms with Crippen molar-refractivity contribution in [2.45, 2.75) is 38.4 Å². The van der Waals surface area contributed by atoms with E-state index in [9.17, 15) is 18.0 Å². The SMILES string of the molecule is CC1CNCC(NC(=O)CCC(F)(F)F)C1. The molecule has 16 heavy (non-hydrogen) atoms. The van der Waals surface area contributed by atoms with Gasteiger partial charge in [0, 0.05) is 19.0 Å². The van der Waals surface area contributed by atoms with Crippen molar-refractivity contribution in [2.75, 3.05) is 13.1 Å². The molecule has 3 nitrogen and oxygen atoms in total. The Labute approximate surface area is 92.8 Å². The summed E-state index contributed by atoms with van der Waals surface area (Å²) in [5.74, 6) is -0.0695. The number of alkyl halides is 3. The molecule has 1 saturated heterocycles. The smallest absolute Gasteiger partial charge is 0.352 e. The zero-order valence-corrected chi connectivity index (χ0v) is 9.23. The molecule has 0 spiro atoms. The minimum Gasteiger partial charge on any atom is -0.352 e. The fourth-order valence-corrected chi connectivity index (χ4v) is 1.82. The number of amides is 1. The first-order chi connectivity index (χ1) is 7.37. The molecule has 6 heteroatoms. The number of nitrogens with one attached hydrogen (secondary N) is 2. The van der Waals surface area contributed by atoms with Gasteiger partial charge in [0.15, 0.2) is 0 Å². The van der Waals surface area contributed by atoms with Crippen molar-refractivity contribution < 1.29 is 18.0 Å². The first-order valence-electron chi connectivity index (χ1n) is 5.43. The maximum absolute atomic E-state index is 11.9. The van der Waals surface area contributed by atoms with E-state index in [2.05, 4.69) is 10.6 Å². The van der Waals surface area contributed by atoms with Crippen LogP contribution in [0.5, 0.6) is 0 Å². The average molecular weight is 238 g/mol.